The van der Waals surface area contributed by atoms with E-state index in [1.165, 1.54) is 130 Å². The lowest BCUT2D eigenvalue weighted by Gasteiger charge is -2.16. The van der Waals surface area contributed by atoms with E-state index < -0.39 is 53.7 Å². The Kier molecular flexibility index (Phi) is 23.6. The van der Waals surface area contributed by atoms with E-state index in [1.54, 1.807) is 84.9 Å². The minimum absolute atomic E-state index is 0.0183. The zero-order valence-corrected chi connectivity index (χ0v) is 52.6. The van der Waals surface area contributed by atoms with E-state index in [0.717, 1.165) is 0 Å². The molecule has 8 aromatic carbocycles. The van der Waals surface area contributed by atoms with Gasteiger partial charge in [-0.15, -0.1) is 0 Å². The predicted molar refractivity (Wildman–Crippen MR) is 333 cm³/mol. The quantitative estimate of drug-likeness (QED) is 0.0250. The van der Waals surface area contributed by atoms with Gasteiger partial charge in [0.25, 0.3) is 0 Å². The van der Waals surface area contributed by atoms with Gasteiger partial charge < -0.3 is 71.1 Å². The molecule has 0 saturated heterocycles. The van der Waals surface area contributed by atoms with Crippen LogP contribution in [0.15, 0.2) is 158 Å². The van der Waals surface area contributed by atoms with E-state index in [2.05, 4.69) is 0 Å². The molecule has 0 aliphatic carbocycles. The van der Waals surface area contributed by atoms with E-state index in [9.17, 15) is 43.2 Å². The molecule has 0 radical (unpaired) electrons. The molecule has 0 bridgehead atoms. The average Bonchev–Trinajstić information content (AvgIpc) is 1.04. The molecule has 0 aromatic heterocycles. The van der Waals surface area contributed by atoms with E-state index in [-0.39, 0.29) is 130 Å². The summed E-state index contributed by atoms with van der Waals surface area (Å²) in [7, 11) is 9.52. The first-order valence-electron chi connectivity index (χ1n) is 28.5. The molecule has 95 heavy (non-hydrogen) atoms. The maximum Gasteiger partial charge on any atom is 0.343 e. The summed E-state index contributed by atoms with van der Waals surface area (Å²) < 4.78 is 82.9. The number of ether oxygens (including phenoxy) is 15. The van der Waals surface area contributed by atoms with Crippen LogP contribution < -0.4 is 33.2 Å². The number of hydrogen-bond donors (Lipinski definition) is 0. The summed E-state index contributed by atoms with van der Waals surface area (Å²) in [6.45, 7) is -0.952. The van der Waals surface area contributed by atoms with Crippen molar-refractivity contribution < 1.29 is 114 Å². The molecule has 0 saturated carbocycles. The van der Waals surface area contributed by atoms with Crippen LogP contribution in [0.3, 0.4) is 0 Å². The predicted octanol–water partition coefficient (Wildman–Crippen LogP) is 10.7. The molecule has 0 unspecified atom stereocenters. The third-order valence-corrected chi connectivity index (χ3v) is 13.7. The van der Waals surface area contributed by atoms with Crippen LogP contribution >= 0.6 is 0 Å². The minimum Gasteiger partial charge on any atom is -0.489 e. The monoisotopic (exact) mass is 1300 g/mol. The largest absolute Gasteiger partial charge is 0.489 e. The Hall–Kier alpha value is -12.2. The molecule has 0 atom stereocenters. The Balaban J connectivity index is 1.13. The van der Waals surface area contributed by atoms with Crippen LogP contribution in [0.1, 0.15) is 127 Å². The van der Waals surface area contributed by atoms with Crippen molar-refractivity contribution in [2.24, 2.45) is 0 Å². The molecule has 0 fully saturated rings. The van der Waals surface area contributed by atoms with Crippen LogP contribution in [0.25, 0.3) is 0 Å². The van der Waals surface area contributed by atoms with Gasteiger partial charge in [-0.25, -0.2) is 43.2 Å². The van der Waals surface area contributed by atoms with Crippen molar-refractivity contribution in [3.8, 4) is 40.2 Å². The second kappa shape index (κ2) is 32.7. The van der Waals surface area contributed by atoms with Crippen LogP contribution in [0.5, 0.6) is 40.2 Å². The average molecular weight is 1300 g/mol. The number of methoxy groups -OCH3 is 8. The molecule has 8 rings (SSSR count). The van der Waals surface area contributed by atoms with Gasteiger partial charge in [0.2, 0.25) is 0 Å². The molecular formula is C71H62O24. The standard InChI is InChI=1S/C71H62O24/c1-81-63(72)48-23-49(64(73)82-2)28-58(27-48)91-35-41-14-42(36-92-59-29-50(65(74)83-3)24-51(30-59)66(75)84-4)18-56(17-41)89-39-45-16-46(22-62(21-45)95-71(80)47-12-10-9-11-13-47)40-90-57-19-43(37-93-60-31-52(67(76)85-5)25-53(32-60)68(77)86-6)15-44(20-57)38-94-61-33-54(69(78)87-7)26-55(34-61)70(79)88-8/h9-34H,35-40H2,1-8H3. The fraction of sp³-hybridized carbons (Fsp3) is 0.197. The van der Waals surface area contributed by atoms with Crippen molar-refractivity contribution in [2.45, 2.75) is 39.6 Å². The van der Waals surface area contributed by atoms with Gasteiger partial charge in [-0.05, 0) is 173 Å². The van der Waals surface area contributed by atoms with Gasteiger partial charge in [-0.3, -0.25) is 0 Å². The Morgan fingerprint density at radius 1 is 0.211 bits per heavy atom. The summed E-state index contributed by atoms with van der Waals surface area (Å²) in [6, 6.07) is 39.8. The van der Waals surface area contributed by atoms with Gasteiger partial charge in [-0.1, -0.05) is 18.2 Å². The third kappa shape index (κ3) is 18.9. The molecule has 24 nitrogen and oxygen atoms in total. The molecule has 0 amide bonds. The summed E-state index contributed by atoms with van der Waals surface area (Å²) in [5.74, 6) is -5.40. The first-order valence-corrected chi connectivity index (χ1v) is 28.5. The summed E-state index contributed by atoms with van der Waals surface area (Å²) >= 11 is 0. The highest BCUT2D eigenvalue weighted by atomic mass is 16.6. The number of esters is 9. The molecule has 490 valence electrons. The van der Waals surface area contributed by atoms with Crippen molar-refractivity contribution in [2.75, 3.05) is 56.9 Å². The van der Waals surface area contributed by atoms with Gasteiger partial charge in [0.15, 0.2) is 0 Å². The molecule has 0 heterocycles. The number of carbonyl (C=O) groups excluding carboxylic acids is 9. The summed E-state index contributed by atoms with van der Waals surface area (Å²) in [5.41, 5.74) is 3.40. The number of rotatable bonds is 28. The highest BCUT2D eigenvalue weighted by molar-refractivity contribution is 5.99. The smallest absolute Gasteiger partial charge is 0.343 e. The molecule has 0 N–H and O–H groups in total. The highest BCUT2D eigenvalue weighted by Crippen LogP contribution is 2.30. The van der Waals surface area contributed by atoms with Crippen molar-refractivity contribution in [1.82, 2.24) is 0 Å². The lowest BCUT2D eigenvalue weighted by molar-refractivity contribution is 0.0580. The third-order valence-electron chi connectivity index (χ3n) is 13.7. The fourth-order valence-corrected chi connectivity index (χ4v) is 9.27. The van der Waals surface area contributed by atoms with E-state index in [1.807, 2.05) is 0 Å². The van der Waals surface area contributed by atoms with Crippen LogP contribution in [-0.4, -0.2) is 111 Å². The SMILES string of the molecule is COC(=O)c1cc(OCc2cc(COc3cc(C(=O)OC)cc(C(=O)OC)c3)cc(OCc3cc(COc4cc(COc5cc(C(=O)OC)cc(C(=O)OC)c5)cc(COc5cc(C(=O)OC)cc(C(=O)OC)c5)c4)cc(OC(=O)c4ccccc4)c3)c2)cc(C(=O)OC)c1. The summed E-state index contributed by atoms with van der Waals surface area (Å²) in [5, 5.41) is 0. The van der Waals surface area contributed by atoms with Gasteiger partial charge >= 0.3 is 53.7 Å². The van der Waals surface area contributed by atoms with Gasteiger partial charge in [0.1, 0.15) is 79.9 Å². The van der Waals surface area contributed by atoms with Crippen LogP contribution in [0, 0.1) is 0 Å². The maximum atomic E-state index is 13.6. The van der Waals surface area contributed by atoms with Crippen LogP contribution in [-0.2, 0) is 77.5 Å². The second-order valence-electron chi connectivity index (χ2n) is 20.4. The Labute approximate surface area is 543 Å². The minimum atomic E-state index is -0.733. The molecule has 0 aliphatic heterocycles. The number of benzene rings is 8. The van der Waals surface area contributed by atoms with Crippen LogP contribution in [0.4, 0.5) is 0 Å². The molecule has 0 spiro atoms. The molecule has 24 heteroatoms. The highest BCUT2D eigenvalue weighted by Gasteiger charge is 2.21. The normalized spacial score (nSPS) is 10.5. The summed E-state index contributed by atoms with van der Waals surface area (Å²) in [6.07, 6.45) is 0. The number of carbonyl (C=O) groups is 9. The second-order valence-corrected chi connectivity index (χ2v) is 20.4. The van der Waals surface area contributed by atoms with E-state index in [0.29, 0.717) is 33.4 Å². The Bertz CT molecular complexity index is 3610. The van der Waals surface area contributed by atoms with Crippen LogP contribution in [0.2, 0.25) is 0 Å². The molecule has 0 aliphatic rings. The number of hydrogen-bond acceptors (Lipinski definition) is 24. The van der Waals surface area contributed by atoms with Crippen molar-refractivity contribution in [3.05, 3.63) is 241 Å². The van der Waals surface area contributed by atoms with Crippen molar-refractivity contribution >= 4 is 53.7 Å². The van der Waals surface area contributed by atoms with E-state index >= 15 is 0 Å². The maximum absolute atomic E-state index is 13.6. The van der Waals surface area contributed by atoms with Crippen molar-refractivity contribution in [3.63, 3.8) is 0 Å². The van der Waals surface area contributed by atoms with Crippen molar-refractivity contribution in [1.29, 1.82) is 0 Å². The first kappa shape index (κ1) is 68.7. The summed E-state index contributed by atoms with van der Waals surface area (Å²) in [4.78, 5) is 115. The first-order chi connectivity index (χ1) is 45.8. The van der Waals surface area contributed by atoms with Gasteiger partial charge in [-0.2, -0.15) is 0 Å². The lowest BCUT2D eigenvalue weighted by Crippen LogP contribution is -2.10. The van der Waals surface area contributed by atoms with E-state index in [4.69, 9.17) is 71.1 Å². The van der Waals surface area contributed by atoms with Gasteiger partial charge in [0, 0.05) is 0 Å². The zero-order chi connectivity index (χ0) is 68.1. The van der Waals surface area contributed by atoms with Gasteiger partial charge in [0.05, 0.1) is 107 Å². The fourth-order valence-electron chi connectivity index (χ4n) is 9.27. The topological polar surface area (TPSA) is 292 Å². The Morgan fingerprint density at radius 2 is 0.400 bits per heavy atom. The molecule has 8 aromatic rings. The Morgan fingerprint density at radius 3 is 0.600 bits per heavy atom. The zero-order valence-electron chi connectivity index (χ0n) is 52.6. The molecular weight excluding hydrogens is 1240 g/mol. The lowest BCUT2D eigenvalue weighted by atomic mass is 10.1.